The van der Waals surface area contributed by atoms with E-state index in [-0.39, 0.29) is 17.7 Å². The van der Waals surface area contributed by atoms with E-state index in [1.807, 2.05) is 38.1 Å². The van der Waals surface area contributed by atoms with Crippen molar-refractivity contribution in [3.8, 4) is 0 Å². The first-order valence-corrected chi connectivity index (χ1v) is 7.76. The van der Waals surface area contributed by atoms with Crippen molar-refractivity contribution >= 4 is 23.2 Å². The highest BCUT2D eigenvalue weighted by molar-refractivity contribution is 6.06. The third-order valence-electron chi connectivity index (χ3n) is 3.67. The van der Waals surface area contributed by atoms with Gasteiger partial charge in [0.1, 0.15) is 0 Å². The standard InChI is InChI=1S/C17H23N3O2/c1-4-12-10-16(22)19-20-17(12)13-5-7-14(8-6-13)18-15(21)9-11(2)3/h5-8,11-12H,4,9-10H2,1-3H3,(H,18,21)(H,19,22). The van der Waals surface area contributed by atoms with Gasteiger partial charge in [-0.2, -0.15) is 5.10 Å². The van der Waals surface area contributed by atoms with Crippen molar-refractivity contribution in [2.24, 2.45) is 16.9 Å². The number of hydrogen-bond donors (Lipinski definition) is 2. The zero-order chi connectivity index (χ0) is 16.1. The van der Waals surface area contributed by atoms with Crippen LogP contribution in [0.15, 0.2) is 29.4 Å². The lowest BCUT2D eigenvalue weighted by Gasteiger charge is -2.21. The Morgan fingerprint density at radius 1 is 1.36 bits per heavy atom. The molecule has 22 heavy (non-hydrogen) atoms. The van der Waals surface area contributed by atoms with Crippen molar-refractivity contribution in [2.75, 3.05) is 5.32 Å². The van der Waals surface area contributed by atoms with Gasteiger partial charge in [0.05, 0.1) is 5.71 Å². The van der Waals surface area contributed by atoms with Crippen LogP contribution in [0, 0.1) is 11.8 Å². The van der Waals surface area contributed by atoms with Gasteiger partial charge in [0.2, 0.25) is 11.8 Å². The van der Waals surface area contributed by atoms with Crippen LogP contribution in [0.1, 0.15) is 45.6 Å². The molecule has 118 valence electrons. The van der Waals surface area contributed by atoms with E-state index in [0.717, 1.165) is 23.4 Å². The summed E-state index contributed by atoms with van der Waals surface area (Å²) in [6.45, 7) is 6.09. The second-order valence-corrected chi connectivity index (χ2v) is 6.06. The Morgan fingerprint density at radius 2 is 2.05 bits per heavy atom. The second kappa shape index (κ2) is 7.20. The Hall–Kier alpha value is -2.17. The third-order valence-corrected chi connectivity index (χ3v) is 3.67. The van der Waals surface area contributed by atoms with E-state index in [2.05, 4.69) is 22.8 Å². The highest BCUT2D eigenvalue weighted by atomic mass is 16.2. The minimum Gasteiger partial charge on any atom is -0.326 e. The zero-order valence-corrected chi connectivity index (χ0v) is 13.3. The molecule has 1 aromatic carbocycles. The lowest BCUT2D eigenvalue weighted by Crippen LogP contribution is -2.33. The van der Waals surface area contributed by atoms with Gasteiger partial charge >= 0.3 is 0 Å². The number of nitrogens with zero attached hydrogens (tertiary/aromatic N) is 1. The fourth-order valence-electron chi connectivity index (χ4n) is 2.53. The Bertz CT molecular complexity index is 576. The number of anilines is 1. The van der Waals surface area contributed by atoms with Gasteiger partial charge in [0, 0.05) is 24.4 Å². The Morgan fingerprint density at radius 3 is 2.64 bits per heavy atom. The fourth-order valence-corrected chi connectivity index (χ4v) is 2.53. The summed E-state index contributed by atoms with van der Waals surface area (Å²) in [6, 6.07) is 7.62. The largest absolute Gasteiger partial charge is 0.326 e. The van der Waals surface area contributed by atoms with Crippen LogP contribution in [0.4, 0.5) is 5.69 Å². The van der Waals surface area contributed by atoms with Crippen LogP contribution >= 0.6 is 0 Å². The molecular weight excluding hydrogens is 278 g/mol. The first kappa shape index (κ1) is 16.2. The molecule has 0 fully saturated rings. The summed E-state index contributed by atoms with van der Waals surface area (Å²) in [5.41, 5.74) is 5.21. The molecule has 1 aliphatic heterocycles. The highest BCUT2D eigenvalue weighted by Crippen LogP contribution is 2.21. The summed E-state index contributed by atoms with van der Waals surface area (Å²) in [4.78, 5) is 23.2. The van der Waals surface area contributed by atoms with E-state index in [4.69, 9.17) is 0 Å². The summed E-state index contributed by atoms with van der Waals surface area (Å²) in [7, 11) is 0. The molecule has 0 bridgehead atoms. The van der Waals surface area contributed by atoms with Crippen LogP contribution in [-0.4, -0.2) is 17.5 Å². The van der Waals surface area contributed by atoms with Crippen LogP contribution in [0.3, 0.4) is 0 Å². The molecular formula is C17H23N3O2. The van der Waals surface area contributed by atoms with E-state index >= 15 is 0 Å². The molecule has 5 nitrogen and oxygen atoms in total. The predicted molar refractivity (Wildman–Crippen MR) is 87.6 cm³/mol. The van der Waals surface area contributed by atoms with Crippen molar-refractivity contribution in [1.29, 1.82) is 0 Å². The topological polar surface area (TPSA) is 70.6 Å². The molecule has 0 saturated heterocycles. The minimum atomic E-state index is -0.0341. The molecule has 1 aromatic rings. The quantitative estimate of drug-likeness (QED) is 0.878. The number of nitrogens with one attached hydrogen (secondary N) is 2. The number of carbonyl (C=O) groups excluding carboxylic acids is 2. The minimum absolute atomic E-state index is 0.0245. The van der Waals surface area contributed by atoms with Gasteiger partial charge in [-0.1, -0.05) is 32.9 Å². The smallest absolute Gasteiger partial charge is 0.240 e. The van der Waals surface area contributed by atoms with E-state index in [1.54, 1.807) is 0 Å². The third kappa shape index (κ3) is 4.16. The van der Waals surface area contributed by atoms with Crippen molar-refractivity contribution < 1.29 is 9.59 Å². The summed E-state index contributed by atoms with van der Waals surface area (Å²) < 4.78 is 0. The number of carbonyl (C=O) groups is 2. The molecule has 1 aliphatic rings. The van der Waals surface area contributed by atoms with Crippen molar-refractivity contribution in [3.63, 3.8) is 0 Å². The Labute approximate surface area is 131 Å². The van der Waals surface area contributed by atoms with E-state index in [9.17, 15) is 9.59 Å². The average molecular weight is 301 g/mol. The number of amides is 2. The zero-order valence-electron chi connectivity index (χ0n) is 13.3. The van der Waals surface area contributed by atoms with E-state index in [0.29, 0.717) is 18.8 Å². The lowest BCUT2D eigenvalue weighted by atomic mass is 9.90. The molecule has 1 atom stereocenters. The van der Waals surface area contributed by atoms with Crippen molar-refractivity contribution in [1.82, 2.24) is 5.43 Å². The molecule has 5 heteroatoms. The van der Waals surface area contributed by atoms with Crippen molar-refractivity contribution in [3.05, 3.63) is 29.8 Å². The Kier molecular flexibility index (Phi) is 5.31. The maximum absolute atomic E-state index is 11.8. The van der Waals surface area contributed by atoms with Crippen LogP contribution in [0.2, 0.25) is 0 Å². The first-order chi connectivity index (χ1) is 10.5. The second-order valence-electron chi connectivity index (χ2n) is 6.06. The summed E-state index contributed by atoms with van der Waals surface area (Å²) in [5, 5.41) is 7.08. The van der Waals surface area contributed by atoms with Crippen LogP contribution < -0.4 is 10.7 Å². The lowest BCUT2D eigenvalue weighted by molar-refractivity contribution is -0.122. The van der Waals surface area contributed by atoms with Crippen LogP contribution in [0.5, 0.6) is 0 Å². The van der Waals surface area contributed by atoms with Gasteiger partial charge in [0.15, 0.2) is 0 Å². The number of hydrazone groups is 1. The van der Waals surface area contributed by atoms with E-state index in [1.165, 1.54) is 0 Å². The molecule has 2 rings (SSSR count). The average Bonchev–Trinajstić information content (AvgIpc) is 2.47. The fraction of sp³-hybridized carbons (Fsp3) is 0.471. The van der Waals surface area contributed by atoms with Gasteiger partial charge in [0.25, 0.3) is 0 Å². The maximum Gasteiger partial charge on any atom is 0.240 e. The molecule has 1 unspecified atom stereocenters. The first-order valence-electron chi connectivity index (χ1n) is 7.76. The van der Waals surface area contributed by atoms with E-state index < -0.39 is 0 Å². The molecule has 2 N–H and O–H groups in total. The van der Waals surface area contributed by atoms with Crippen LogP contribution in [-0.2, 0) is 9.59 Å². The number of benzene rings is 1. The van der Waals surface area contributed by atoms with Gasteiger partial charge in [-0.15, -0.1) is 0 Å². The monoisotopic (exact) mass is 301 g/mol. The number of hydrogen-bond acceptors (Lipinski definition) is 3. The molecule has 1 heterocycles. The summed E-state index contributed by atoms with van der Waals surface area (Å²) in [6.07, 6.45) is 1.86. The SMILES string of the molecule is CCC1CC(=O)NN=C1c1ccc(NC(=O)CC(C)C)cc1. The van der Waals surface area contributed by atoms with Gasteiger partial charge < -0.3 is 5.32 Å². The maximum atomic E-state index is 11.8. The molecule has 2 amide bonds. The van der Waals surface area contributed by atoms with Gasteiger partial charge in [-0.05, 0) is 30.0 Å². The Balaban J connectivity index is 2.08. The molecule has 0 saturated carbocycles. The van der Waals surface area contributed by atoms with Crippen LogP contribution in [0.25, 0.3) is 0 Å². The molecule has 0 aliphatic carbocycles. The normalized spacial score (nSPS) is 17.9. The number of rotatable bonds is 5. The highest BCUT2D eigenvalue weighted by Gasteiger charge is 2.23. The van der Waals surface area contributed by atoms with Gasteiger partial charge in [-0.3, -0.25) is 9.59 Å². The predicted octanol–water partition coefficient (Wildman–Crippen LogP) is 2.92. The van der Waals surface area contributed by atoms with Crippen molar-refractivity contribution in [2.45, 2.75) is 40.0 Å². The molecule has 0 spiro atoms. The molecule has 0 radical (unpaired) electrons. The molecule has 0 aromatic heterocycles. The summed E-state index contributed by atoms with van der Waals surface area (Å²) >= 11 is 0. The van der Waals surface area contributed by atoms with Gasteiger partial charge in [-0.25, -0.2) is 5.43 Å². The summed E-state index contributed by atoms with van der Waals surface area (Å²) in [5.74, 6) is 0.476.